The van der Waals surface area contributed by atoms with Crippen molar-refractivity contribution < 1.29 is 38.2 Å². The molecule has 0 aliphatic carbocycles. The zero-order valence-corrected chi connectivity index (χ0v) is 39.3. The fourth-order valence-electron chi connectivity index (χ4n) is 6.29. The molecule has 0 bridgehead atoms. The predicted octanol–water partition coefficient (Wildman–Crippen LogP) is 12.1. The van der Waals surface area contributed by atoms with Crippen molar-refractivity contribution in [3.63, 3.8) is 0 Å². The minimum atomic E-state index is -1.14. The summed E-state index contributed by atoms with van der Waals surface area (Å²) in [5, 5.41) is 11.6. The molecule has 0 aliphatic heterocycles. The van der Waals surface area contributed by atoms with Gasteiger partial charge in [-0.25, -0.2) is 0 Å². The lowest BCUT2D eigenvalue weighted by atomic mass is 10.1. The molecular weight excluding hydrogens is 763 g/mol. The Morgan fingerprint density at radius 2 is 0.934 bits per heavy atom. The molecule has 0 aromatic heterocycles. The number of carbonyl (C=O) groups is 3. The molecule has 346 valence electrons. The normalized spacial score (nSPS) is 13.8. The number of ether oxygens (including phenoxy) is 3. The molecule has 2 unspecified atom stereocenters. The van der Waals surface area contributed by atoms with Gasteiger partial charge in [-0.05, 0) is 89.9 Å². The summed E-state index contributed by atoms with van der Waals surface area (Å²) in [6.45, 7) is 4.44. The maximum absolute atomic E-state index is 12.8. The molecule has 0 heterocycles. The summed E-state index contributed by atoms with van der Waals surface area (Å²) in [4.78, 5) is 36.9. The highest BCUT2D eigenvalue weighted by atomic mass is 16.6. The molecule has 0 saturated carbocycles. The van der Waals surface area contributed by atoms with E-state index in [1.807, 2.05) is 0 Å². The quantitative estimate of drug-likeness (QED) is 0.0261. The summed E-state index contributed by atoms with van der Waals surface area (Å²) in [6, 6.07) is -0.742. The van der Waals surface area contributed by atoms with Gasteiger partial charge in [0.2, 0.25) is 0 Å². The van der Waals surface area contributed by atoms with Crippen molar-refractivity contribution >= 4 is 17.9 Å². The maximum atomic E-state index is 12.8. The largest absolute Gasteiger partial charge is 0.544 e. The molecule has 0 radical (unpaired) electrons. The lowest BCUT2D eigenvalue weighted by molar-refractivity contribution is -0.889. The molecule has 0 fully saturated rings. The number of carboxylic acid groups (broad SMARTS) is 1. The Balaban J connectivity index is 4.42. The number of quaternary nitrogens is 1. The lowest BCUT2D eigenvalue weighted by Gasteiger charge is -2.34. The van der Waals surface area contributed by atoms with Crippen LogP contribution in [0.4, 0.5) is 0 Å². The van der Waals surface area contributed by atoms with Crippen LogP contribution in [0.25, 0.3) is 0 Å². The molecule has 0 aromatic carbocycles. The number of nitrogens with zero attached hydrogens (tertiary/aromatic N) is 1. The lowest BCUT2D eigenvalue weighted by Crippen LogP contribution is -2.55. The van der Waals surface area contributed by atoms with Crippen LogP contribution in [0.2, 0.25) is 0 Å². The van der Waals surface area contributed by atoms with E-state index in [1.54, 1.807) is 21.1 Å². The molecule has 0 saturated heterocycles. The summed E-state index contributed by atoms with van der Waals surface area (Å²) < 4.78 is 17.1. The third-order valence-electron chi connectivity index (χ3n) is 9.95. The average Bonchev–Trinajstić information content (AvgIpc) is 3.22. The molecule has 0 N–H and O–H groups in total. The topological polar surface area (TPSA) is 102 Å². The number of esters is 2. The number of likely N-dealkylation sites (N-methyl/N-ethyl adjacent to an activating group) is 1. The van der Waals surface area contributed by atoms with E-state index in [4.69, 9.17) is 14.2 Å². The van der Waals surface area contributed by atoms with Crippen LogP contribution >= 0.6 is 0 Å². The van der Waals surface area contributed by atoms with Gasteiger partial charge < -0.3 is 28.6 Å². The van der Waals surface area contributed by atoms with Gasteiger partial charge in [0.25, 0.3) is 0 Å². The van der Waals surface area contributed by atoms with Gasteiger partial charge in [0.05, 0.1) is 40.3 Å². The second-order valence-electron chi connectivity index (χ2n) is 16.6. The Morgan fingerprint density at radius 1 is 0.508 bits per heavy atom. The third kappa shape index (κ3) is 41.4. The smallest absolute Gasteiger partial charge is 0.306 e. The Hall–Kier alpha value is -3.75. The average molecular weight is 850 g/mol. The van der Waals surface area contributed by atoms with Gasteiger partial charge in [0.1, 0.15) is 12.6 Å². The second kappa shape index (κ2) is 42.9. The van der Waals surface area contributed by atoms with E-state index in [0.717, 1.165) is 83.5 Å². The number of hydrogen-bond acceptors (Lipinski definition) is 7. The van der Waals surface area contributed by atoms with E-state index in [1.165, 1.54) is 44.9 Å². The molecule has 0 spiro atoms. The molecule has 8 nitrogen and oxygen atoms in total. The second-order valence-corrected chi connectivity index (χ2v) is 16.6. The van der Waals surface area contributed by atoms with Crippen LogP contribution in [0.5, 0.6) is 0 Å². The number of unbranched alkanes of at least 4 members (excludes halogenated alkanes) is 11. The number of carbonyl (C=O) groups excluding carboxylic acids is 3. The van der Waals surface area contributed by atoms with Gasteiger partial charge in [0, 0.05) is 19.3 Å². The highest BCUT2D eigenvalue weighted by Gasteiger charge is 2.25. The van der Waals surface area contributed by atoms with Crippen molar-refractivity contribution in [1.82, 2.24) is 0 Å². The predicted molar refractivity (Wildman–Crippen MR) is 254 cm³/mol. The van der Waals surface area contributed by atoms with Gasteiger partial charge in [-0.3, -0.25) is 9.59 Å². The number of allylic oxidation sites excluding steroid dienone is 16. The van der Waals surface area contributed by atoms with Crippen LogP contribution in [0, 0.1) is 0 Å². The highest BCUT2D eigenvalue weighted by Crippen LogP contribution is 2.13. The van der Waals surface area contributed by atoms with Crippen molar-refractivity contribution in [3.8, 4) is 0 Å². The number of aliphatic carboxylic acids is 1. The summed E-state index contributed by atoms with van der Waals surface area (Å²) in [5.41, 5.74) is 0. The van der Waals surface area contributed by atoms with E-state index in [0.29, 0.717) is 12.8 Å². The van der Waals surface area contributed by atoms with E-state index in [-0.39, 0.29) is 49.1 Å². The zero-order chi connectivity index (χ0) is 44.9. The van der Waals surface area contributed by atoms with Gasteiger partial charge in [-0.1, -0.05) is 156 Å². The molecule has 2 atom stereocenters. The van der Waals surface area contributed by atoms with E-state index in [2.05, 4.69) is 111 Å². The Bertz CT molecular complexity index is 1310. The maximum Gasteiger partial charge on any atom is 0.306 e. The minimum Gasteiger partial charge on any atom is -0.544 e. The SMILES string of the molecule is CC/C=C/C/C=C/C/C=C/C/C=C/CCCCCCCCCC(=O)OC(COCCC(C(=O)[O-])[N+](C)(C)C)COC(=O)CCC/C=C/C/C=C/C/C=C/C/C=C/CCCCC. The fourth-order valence-corrected chi connectivity index (χ4v) is 6.29. The Kier molecular flexibility index (Phi) is 40.3. The fraction of sp³-hybridized carbons (Fsp3) is 0.642. The Morgan fingerprint density at radius 3 is 1.41 bits per heavy atom. The van der Waals surface area contributed by atoms with Crippen molar-refractivity contribution in [2.45, 2.75) is 180 Å². The van der Waals surface area contributed by atoms with Crippen molar-refractivity contribution in [2.75, 3.05) is 41.0 Å². The van der Waals surface area contributed by atoms with Crippen molar-refractivity contribution in [3.05, 3.63) is 97.2 Å². The summed E-state index contributed by atoms with van der Waals surface area (Å²) in [6.07, 6.45) is 57.2. The van der Waals surface area contributed by atoms with E-state index < -0.39 is 18.1 Å². The molecular formula is C53H87NO7. The molecule has 0 aliphatic rings. The Labute approximate surface area is 373 Å². The van der Waals surface area contributed by atoms with Crippen LogP contribution < -0.4 is 5.11 Å². The van der Waals surface area contributed by atoms with Crippen LogP contribution in [-0.2, 0) is 28.6 Å². The van der Waals surface area contributed by atoms with Crippen LogP contribution in [-0.4, -0.2) is 75.5 Å². The first-order valence-corrected chi connectivity index (χ1v) is 23.8. The zero-order valence-electron chi connectivity index (χ0n) is 39.3. The minimum absolute atomic E-state index is 0.0130. The van der Waals surface area contributed by atoms with Crippen molar-refractivity contribution in [2.24, 2.45) is 0 Å². The first kappa shape index (κ1) is 57.2. The molecule has 61 heavy (non-hydrogen) atoms. The number of carboxylic acids is 1. The van der Waals surface area contributed by atoms with Gasteiger partial charge in [0.15, 0.2) is 6.10 Å². The van der Waals surface area contributed by atoms with Crippen LogP contribution in [0.3, 0.4) is 0 Å². The molecule has 0 aromatic rings. The van der Waals surface area contributed by atoms with E-state index in [9.17, 15) is 19.5 Å². The standard InChI is InChI=1S/C53H87NO7/c1-6-8-10-12-14-16-18-20-22-24-25-26-28-30-32-34-36-38-40-42-44-52(56)61-49(47-59-46-45-50(53(57)58)54(3,4)5)48-60-51(55)43-41-39-37-35-33-31-29-27-23-21-19-17-15-13-11-9-7-2/h8,10,14-17,20-23,25-26,29,31,35,37,49-50H,6-7,9,11-13,18-19,24,27-28,30,32-34,36,38-48H2,1-5H3/b10-8+,16-14+,17-15+,22-20+,23-21+,26-25+,31-29+,37-35+. The third-order valence-corrected chi connectivity index (χ3v) is 9.95. The molecule has 0 amide bonds. The van der Waals surface area contributed by atoms with Gasteiger partial charge >= 0.3 is 11.9 Å². The van der Waals surface area contributed by atoms with Gasteiger partial charge in [-0.2, -0.15) is 0 Å². The first-order valence-electron chi connectivity index (χ1n) is 23.8. The summed E-state index contributed by atoms with van der Waals surface area (Å²) in [7, 11) is 5.38. The van der Waals surface area contributed by atoms with Crippen LogP contribution in [0.15, 0.2) is 97.2 Å². The summed E-state index contributed by atoms with van der Waals surface area (Å²) in [5.74, 6) is -1.83. The summed E-state index contributed by atoms with van der Waals surface area (Å²) >= 11 is 0. The monoisotopic (exact) mass is 850 g/mol. The van der Waals surface area contributed by atoms with Crippen LogP contribution in [0.1, 0.15) is 168 Å². The van der Waals surface area contributed by atoms with Crippen molar-refractivity contribution in [1.29, 1.82) is 0 Å². The number of rotatable bonds is 41. The molecule has 8 heteroatoms. The number of hydrogen-bond donors (Lipinski definition) is 0. The molecule has 0 rings (SSSR count). The van der Waals surface area contributed by atoms with E-state index >= 15 is 0 Å². The van der Waals surface area contributed by atoms with Gasteiger partial charge in [-0.15, -0.1) is 0 Å². The highest BCUT2D eigenvalue weighted by molar-refractivity contribution is 5.70. The first-order chi connectivity index (χ1) is 29.6.